The summed E-state index contributed by atoms with van der Waals surface area (Å²) in [6.07, 6.45) is 5.38. The number of fused-ring (bicyclic) bond motifs is 1. The fraction of sp³-hybridized carbons (Fsp3) is 0.345. The Morgan fingerprint density at radius 1 is 1.07 bits per heavy atom. The number of carbonyl (C=O) groups excluding carboxylic acids is 2. The molecule has 0 spiro atoms. The molecule has 0 aliphatic carbocycles. The highest BCUT2D eigenvalue weighted by molar-refractivity contribution is 6.36. The van der Waals surface area contributed by atoms with Crippen molar-refractivity contribution < 1.29 is 14.3 Å². The summed E-state index contributed by atoms with van der Waals surface area (Å²) in [6, 6.07) is 12.4. The number of ether oxygens (including phenoxy) is 1. The number of amidine groups is 1. The van der Waals surface area contributed by atoms with E-state index in [2.05, 4.69) is 15.3 Å². The van der Waals surface area contributed by atoms with Crippen molar-refractivity contribution in [3.05, 3.63) is 82.4 Å². The first-order valence-electron chi connectivity index (χ1n) is 13.3. The predicted molar refractivity (Wildman–Crippen MR) is 162 cm³/mol. The quantitative estimate of drug-likeness (QED) is 0.469. The van der Waals surface area contributed by atoms with Gasteiger partial charge in [-0.15, -0.1) is 0 Å². The minimum atomic E-state index is -0.837. The fourth-order valence-electron chi connectivity index (χ4n) is 4.93. The van der Waals surface area contributed by atoms with Gasteiger partial charge in [0.15, 0.2) is 11.9 Å². The zero-order chi connectivity index (χ0) is 29.3. The van der Waals surface area contributed by atoms with Crippen molar-refractivity contribution in [3.8, 4) is 0 Å². The summed E-state index contributed by atoms with van der Waals surface area (Å²) in [6.45, 7) is 8.16. The number of hydrogen-bond acceptors (Lipinski definition) is 8. The first-order chi connectivity index (χ1) is 19.5. The number of nitrogens with two attached hydrogens (primary N) is 1. The molecule has 0 aromatic heterocycles. The van der Waals surface area contributed by atoms with Crippen LogP contribution in [0.5, 0.6) is 0 Å². The van der Waals surface area contributed by atoms with E-state index in [0.717, 1.165) is 22.6 Å². The summed E-state index contributed by atoms with van der Waals surface area (Å²) in [7, 11) is 0. The summed E-state index contributed by atoms with van der Waals surface area (Å²) in [5, 5.41) is 2.78. The van der Waals surface area contributed by atoms with Gasteiger partial charge in [0.1, 0.15) is 5.60 Å². The highest BCUT2D eigenvalue weighted by Gasteiger charge is 2.47. The Kier molecular flexibility index (Phi) is 8.17. The second kappa shape index (κ2) is 11.6. The topological polar surface area (TPSA) is 109 Å². The Morgan fingerprint density at radius 3 is 2.34 bits per heavy atom. The SMILES string of the molecule is CC(C)(C)OC(=O)N1CCN(c2ccc(NN3C=C(Cc4c(Cl)cccc4Cl)[N+]4C=CN=C4C3C(N)=O)cc2)CC1. The van der Waals surface area contributed by atoms with Gasteiger partial charge in [-0.2, -0.15) is 4.99 Å². The van der Waals surface area contributed by atoms with Gasteiger partial charge >= 0.3 is 6.09 Å². The Morgan fingerprint density at radius 2 is 1.73 bits per heavy atom. The standard InChI is InChI=1S/C29H33Cl2N7O3/c1-29(2,3)41-28(40)36-15-13-35(14-16-36)20-9-7-19(8-10-20)34-38-18-21(17-22-23(30)5-4-6-24(22)31)37-12-11-33-27(37)25(38)26(32)39/h4-12,18,25,34H,13-17H2,1-3H3,(H2,32,39)/q+1. The Hall–Kier alpha value is -3.73. The van der Waals surface area contributed by atoms with Crippen molar-refractivity contribution in [3.63, 3.8) is 0 Å². The molecule has 2 aromatic carbocycles. The molecule has 12 heteroatoms. The van der Waals surface area contributed by atoms with Crippen molar-refractivity contribution in [2.24, 2.45) is 10.7 Å². The summed E-state index contributed by atoms with van der Waals surface area (Å²) in [5.74, 6) is -0.0549. The Bertz CT molecular complexity index is 1390. The molecule has 0 saturated carbocycles. The van der Waals surface area contributed by atoms with E-state index in [1.807, 2.05) is 56.1 Å². The molecule has 215 valence electrons. The van der Waals surface area contributed by atoms with Crippen LogP contribution in [0.2, 0.25) is 10.0 Å². The third-order valence-electron chi connectivity index (χ3n) is 6.90. The zero-order valence-corrected chi connectivity index (χ0v) is 24.7. The number of aliphatic imine (C=N–C) groups is 1. The molecular formula is C29H33Cl2N7O3+. The average Bonchev–Trinajstić information content (AvgIpc) is 3.40. The molecule has 3 aliphatic heterocycles. The van der Waals surface area contributed by atoms with Crippen LogP contribution < -0.4 is 21.0 Å². The molecule has 2 amide bonds. The number of amides is 2. The number of allylic oxidation sites excluding steroid dienone is 1. The zero-order valence-electron chi connectivity index (χ0n) is 23.2. The lowest BCUT2D eigenvalue weighted by Crippen LogP contribution is -2.58. The molecule has 2 aromatic rings. The largest absolute Gasteiger partial charge is 0.444 e. The van der Waals surface area contributed by atoms with E-state index in [1.165, 1.54) is 0 Å². The smallest absolute Gasteiger partial charge is 0.410 e. The Labute approximate surface area is 249 Å². The molecule has 3 heterocycles. The number of benzene rings is 2. The lowest BCUT2D eigenvalue weighted by Gasteiger charge is -2.37. The molecule has 1 fully saturated rings. The summed E-state index contributed by atoms with van der Waals surface area (Å²) < 4.78 is 5.50. The van der Waals surface area contributed by atoms with E-state index in [9.17, 15) is 9.59 Å². The number of piperazine rings is 1. The van der Waals surface area contributed by atoms with Crippen molar-refractivity contribution >= 4 is 52.4 Å². The second-order valence-electron chi connectivity index (χ2n) is 11.0. The minimum absolute atomic E-state index is 0.285. The van der Waals surface area contributed by atoms with E-state index in [0.29, 0.717) is 48.5 Å². The number of hydrogen-bond donors (Lipinski definition) is 2. The molecule has 41 heavy (non-hydrogen) atoms. The Balaban J connectivity index is 1.30. The van der Waals surface area contributed by atoms with Gasteiger partial charge in [-0.25, -0.2) is 4.79 Å². The maximum Gasteiger partial charge on any atom is 0.410 e. The average molecular weight is 599 g/mol. The van der Waals surface area contributed by atoms with E-state index < -0.39 is 17.6 Å². The number of halogens is 2. The fourth-order valence-corrected chi connectivity index (χ4v) is 5.46. The van der Waals surface area contributed by atoms with Gasteiger partial charge in [0.25, 0.3) is 11.7 Å². The van der Waals surface area contributed by atoms with Crippen LogP contribution in [0.1, 0.15) is 26.3 Å². The number of hydrazine groups is 1. The summed E-state index contributed by atoms with van der Waals surface area (Å²) in [4.78, 5) is 35.2. The first kappa shape index (κ1) is 28.8. The van der Waals surface area contributed by atoms with Gasteiger partial charge in [-0.3, -0.25) is 15.2 Å². The molecule has 10 nitrogen and oxygen atoms in total. The lowest BCUT2D eigenvalue weighted by molar-refractivity contribution is -0.120. The summed E-state index contributed by atoms with van der Waals surface area (Å²) >= 11 is 12.9. The van der Waals surface area contributed by atoms with Crippen LogP contribution in [-0.4, -0.2) is 65.6 Å². The van der Waals surface area contributed by atoms with Crippen LogP contribution in [-0.2, 0) is 16.0 Å². The van der Waals surface area contributed by atoms with Crippen molar-refractivity contribution in [2.75, 3.05) is 36.5 Å². The third kappa shape index (κ3) is 6.45. The molecule has 3 N–H and O–H groups in total. The van der Waals surface area contributed by atoms with E-state index in [-0.39, 0.29) is 6.09 Å². The highest BCUT2D eigenvalue weighted by Crippen LogP contribution is 2.31. The van der Waals surface area contributed by atoms with Crippen LogP contribution in [0.25, 0.3) is 0 Å². The number of nitrogens with zero attached hydrogens (tertiary/aromatic N) is 5. The van der Waals surface area contributed by atoms with Gasteiger partial charge < -0.3 is 20.3 Å². The van der Waals surface area contributed by atoms with Crippen LogP contribution >= 0.6 is 23.2 Å². The normalized spacial score (nSPS) is 19.0. The molecule has 0 bridgehead atoms. The van der Waals surface area contributed by atoms with Crippen molar-refractivity contribution in [1.29, 1.82) is 0 Å². The van der Waals surface area contributed by atoms with Gasteiger partial charge in [-0.05, 0) is 62.7 Å². The number of carbonyl (C=O) groups is 2. The number of rotatable bonds is 6. The minimum Gasteiger partial charge on any atom is -0.444 e. The molecule has 1 saturated heterocycles. The first-order valence-corrected chi connectivity index (χ1v) is 14.1. The number of anilines is 2. The highest BCUT2D eigenvalue weighted by atomic mass is 35.5. The molecule has 1 unspecified atom stereocenters. The maximum atomic E-state index is 12.6. The molecule has 3 aliphatic rings. The van der Waals surface area contributed by atoms with Gasteiger partial charge in [0.05, 0.1) is 24.5 Å². The van der Waals surface area contributed by atoms with Gasteiger partial charge in [-0.1, -0.05) is 34.2 Å². The monoisotopic (exact) mass is 597 g/mol. The van der Waals surface area contributed by atoms with Crippen molar-refractivity contribution in [2.45, 2.75) is 38.8 Å². The van der Waals surface area contributed by atoms with E-state index >= 15 is 0 Å². The van der Waals surface area contributed by atoms with Crippen molar-refractivity contribution in [1.82, 2.24) is 14.8 Å². The van der Waals surface area contributed by atoms with Gasteiger partial charge in [0, 0.05) is 41.9 Å². The van der Waals surface area contributed by atoms with Crippen LogP contribution in [0, 0.1) is 0 Å². The molecule has 1 radical (unpaired) electrons. The van der Waals surface area contributed by atoms with Crippen LogP contribution in [0.4, 0.5) is 16.2 Å². The molecule has 1 atom stereocenters. The van der Waals surface area contributed by atoms with E-state index in [1.54, 1.807) is 40.5 Å². The molecule has 5 rings (SSSR count). The predicted octanol–water partition coefficient (Wildman–Crippen LogP) is 4.65. The maximum absolute atomic E-state index is 12.6. The van der Waals surface area contributed by atoms with Crippen LogP contribution in [0.15, 0.2) is 71.8 Å². The van der Waals surface area contributed by atoms with Crippen LogP contribution in [0.3, 0.4) is 0 Å². The lowest BCUT2D eigenvalue weighted by atomic mass is 10.1. The van der Waals surface area contributed by atoms with E-state index in [4.69, 9.17) is 33.7 Å². The number of nitrogens with one attached hydrogen (secondary N) is 1. The molecular weight excluding hydrogens is 565 g/mol. The third-order valence-corrected chi connectivity index (χ3v) is 7.61. The second-order valence-corrected chi connectivity index (χ2v) is 11.8. The number of primary amides is 1. The summed E-state index contributed by atoms with van der Waals surface area (Å²) in [5.41, 5.74) is 12.0. The van der Waals surface area contributed by atoms with Gasteiger partial charge in [0.2, 0.25) is 6.04 Å².